The molecule has 1 aromatic carbocycles. The number of benzene rings is 1. The number of hydrogen-bond acceptors (Lipinski definition) is 1. The first-order valence-electron chi connectivity index (χ1n) is 4.47. The minimum absolute atomic E-state index is 0.580. The molecule has 1 nitrogen and oxygen atoms in total. The summed E-state index contributed by atoms with van der Waals surface area (Å²) in [6, 6.07) is 7.93. The van der Waals surface area contributed by atoms with Crippen molar-refractivity contribution in [1.29, 1.82) is 0 Å². The van der Waals surface area contributed by atoms with Gasteiger partial charge in [0.05, 0.1) is 5.60 Å². The van der Waals surface area contributed by atoms with E-state index in [1.165, 1.54) is 5.56 Å². The Kier molecular flexibility index (Phi) is 2.89. The van der Waals surface area contributed by atoms with Gasteiger partial charge in [0.15, 0.2) is 0 Å². The van der Waals surface area contributed by atoms with Crippen molar-refractivity contribution in [1.82, 2.24) is 0 Å². The van der Waals surface area contributed by atoms with Crippen molar-refractivity contribution in [2.45, 2.75) is 25.9 Å². The van der Waals surface area contributed by atoms with Crippen LogP contribution in [0.4, 0.5) is 0 Å². The summed E-state index contributed by atoms with van der Waals surface area (Å²) in [7, 11) is 0. The molecular weight excluding hydrogens is 160 g/mol. The lowest BCUT2D eigenvalue weighted by Crippen LogP contribution is -2.19. The zero-order valence-electron chi connectivity index (χ0n) is 8.25. The maximum Gasteiger partial charge on any atom is 0.0902 e. The lowest BCUT2D eigenvalue weighted by atomic mass is 9.92. The Bertz CT molecular complexity index is 300. The molecule has 0 bridgehead atoms. The molecule has 1 aromatic rings. The molecule has 0 heterocycles. The average Bonchev–Trinajstić information content (AvgIpc) is 2.04. The Balaban J connectivity index is 2.99. The molecule has 1 N–H and O–H groups in total. The van der Waals surface area contributed by atoms with Gasteiger partial charge >= 0.3 is 0 Å². The van der Waals surface area contributed by atoms with Crippen LogP contribution in [-0.2, 0) is 5.60 Å². The van der Waals surface area contributed by atoms with Gasteiger partial charge in [-0.2, -0.15) is 0 Å². The predicted octanol–water partition coefficient (Wildman–Crippen LogP) is 2.78. The van der Waals surface area contributed by atoms with Gasteiger partial charge in [0.2, 0.25) is 0 Å². The first kappa shape index (κ1) is 10.0. The monoisotopic (exact) mass is 176 g/mol. The van der Waals surface area contributed by atoms with E-state index in [4.69, 9.17) is 0 Å². The highest BCUT2D eigenvalue weighted by Gasteiger charge is 2.20. The second-order valence-electron chi connectivity index (χ2n) is 3.64. The summed E-state index contributed by atoms with van der Waals surface area (Å²) in [5.41, 5.74) is 1.34. The van der Waals surface area contributed by atoms with Crippen molar-refractivity contribution in [2.24, 2.45) is 0 Å². The molecule has 13 heavy (non-hydrogen) atoms. The second kappa shape index (κ2) is 3.75. The minimum Gasteiger partial charge on any atom is -0.385 e. The molecule has 70 valence electrons. The van der Waals surface area contributed by atoms with Gasteiger partial charge in [-0.05, 0) is 25.8 Å². The maximum absolute atomic E-state index is 10.0. The molecule has 0 aliphatic rings. The van der Waals surface area contributed by atoms with E-state index in [9.17, 15) is 5.11 Å². The third kappa shape index (κ3) is 2.43. The molecule has 0 aliphatic heterocycles. The lowest BCUT2D eigenvalue weighted by Gasteiger charge is -2.22. The van der Waals surface area contributed by atoms with Crippen molar-refractivity contribution >= 4 is 0 Å². The molecule has 0 spiro atoms. The van der Waals surface area contributed by atoms with E-state index in [0.717, 1.165) is 5.56 Å². The van der Waals surface area contributed by atoms with E-state index in [1.807, 2.05) is 38.1 Å². The number of aliphatic hydroxyl groups is 1. The molecule has 1 rings (SSSR count). The summed E-state index contributed by atoms with van der Waals surface area (Å²) in [6.45, 7) is 7.46. The van der Waals surface area contributed by atoms with Crippen LogP contribution in [0.5, 0.6) is 0 Å². The van der Waals surface area contributed by atoms with Gasteiger partial charge in [0, 0.05) is 0 Å². The molecule has 0 radical (unpaired) electrons. The Morgan fingerprint density at radius 3 is 2.77 bits per heavy atom. The van der Waals surface area contributed by atoms with Gasteiger partial charge in [-0.25, -0.2) is 0 Å². The van der Waals surface area contributed by atoms with Crippen LogP contribution in [0, 0.1) is 6.92 Å². The summed E-state index contributed by atoms with van der Waals surface area (Å²) in [4.78, 5) is 0. The Morgan fingerprint density at radius 1 is 1.54 bits per heavy atom. The lowest BCUT2D eigenvalue weighted by molar-refractivity contribution is 0.0606. The zero-order valence-corrected chi connectivity index (χ0v) is 8.25. The molecule has 0 saturated heterocycles. The predicted molar refractivity (Wildman–Crippen MR) is 55.6 cm³/mol. The summed E-state index contributed by atoms with van der Waals surface area (Å²) < 4.78 is 0. The summed E-state index contributed by atoms with van der Waals surface area (Å²) >= 11 is 0. The van der Waals surface area contributed by atoms with Crippen LogP contribution in [0.3, 0.4) is 0 Å². The van der Waals surface area contributed by atoms with Gasteiger partial charge in [0.1, 0.15) is 0 Å². The van der Waals surface area contributed by atoms with Crippen LogP contribution >= 0.6 is 0 Å². The largest absolute Gasteiger partial charge is 0.385 e. The van der Waals surface area contributed by atoms with Crippen molar-refractivity contribution in [3.8, 4) is 0 Å². The van der Waals surface area contributed by atoms with E-state index < -0.39 is 5.60 Å². The van der Waals surface area contributed by atoms with E-state index in [1.54, 1.807) is 6.08 Å². The topological polar surface area (TPSA) is 20.2 Å². The molecule has 0 unspecified atom stereocenters. The van der Waals surface area contributed by atoms with E-state index in [0.29, 0.717) is 6.42 Å². The molecule has 0 aliphatic carbocycles. The minimum atomic E-state index is -0.784. The van der Waals surface area contributed by atoms with Gasteiger partial charge < -0.3 is 5.11 Å². The Labute approximate surface area is 79.7 Å². The number of hydrogen-bond donors (Lipinski definition) is 1. The molecule has 1 heteroatoms. The summed E-state index contributed by atoms with van der Waals surface area (Å²) in [6.07, 6.45) is 2.32. The summed E-state index contributed by atoms with van der Waals surface area (Å²) in [5, 5.41) is 10.0. The fourth-order valence-corrected chi connectivity index (χ4v) is 1.38. The fourth-order valence-electron chi connectivity index (χ4n) is 1.38. The highest BCUT2D eigenvalue weighted by atomic mass is 16.3. The molecule has 0 fully saturated rings. The number of aryl methyl sites for hydroxylation is 1. The van der Waals surface area contributed by atoms with Crippen molar-refractivity contribution in [3.63, 3.8) is 0 Å². The first-order valence-corrected chi connectivity index (χ1v) is 4.47. The van der Waals surface area contributed by atoms with Crippen LogP contribution in [0.25, 0.3) is 0 Å². The van der Waals surface area contributed by atoms with E-state index in [-0.39, 0.29) is 0 Å². The molecule has 0 aromatic heterocycles. The third-order valence-corrected chi connectivity index (χ3v) is 2.18. The zero-order chi connectivity index (χ0) is 9.90. The quantitative estimate of drug-likeness (QED) is 0.702. The van der Waals surface area contributed by atoms with Crippen molar-refractivity contribution < 1.29 is 5.11 Å². The highest BCUT2D eigenvalue weighted by Crippen LogP contribution is 2.24. The molecular formula is C12H16O. The van der Waals surface area contributed by atoms with E-state index >= 15 is 0 Å². The molecule has 0 amide bonds. The third-order valence-electron chi connectivity index (χ3n) is 2.18. The average molecular weight is 176 g/mol. The number of rotatable bonds is 3. The van der Waals surface area contributed by atoms with Crippen LogP contribution in [-0.4, -0.2) is 5.11 Å². The highest BCUT2D eigenvalue weighted by molar-refractivity contribution is 5.27. The fraction of sp³-hybridized carbons (Fsp3) is 0.333. The van der Waals surface area contributed by atoms with Gasteiger partial charge in [0.25, 0.3) is 0 Å². The first-order chi connectivity index (χ1) is 6.06. The van der Waals surface area contributed by atoms with E-state index in [2.05, 4.69) is 6.58 Å². The normalized spacial score (nSPS) is 15.0. The van der Waals surface area contributed by atoms with Crippen LogP contribution in [0.2, 0.25) is 0 Å². The molecule has 0 saturated carbocycles. The van der Waals surface area contributed by atoms with Gasteiger partial charge in [-0.1, -0.05) is 35.9 Å². The molecule has 1 atom stereocenters. The summed E-state index contributed by atoms with van der Waals surface area (Å²) in [5.74, 6) is 0. The van der Waals surface area contributed by atoms with Crippen LogP contribution in [0.1, 0.15) is 24.5 Å². The van der Waals surface area contributed by atoms with Crippen molar-refractivity contribution in [2.75, 3.05) is 0 Å². The van der Waals surface area contributed by atoms with Gasteiger partial charge in [-0.3, -0.25) is 0 Å². The SMILES string of the molecule is C=CC[C@](C)(O)c1cccc(C)c1. The van der Waals surface area contributed by atoms with Crippen molar-refractivity contribution in [3.05, 3.63) is 48.0 Å². The van der Waals surface area contributed by atoms with Gasteiger partial charge in [-0.15, -0.1) is 6.58 Å². The Morgan fingerprint density at radius 2 is 2.23 bits per heavy atom. The Hall–Kier alpha value is -1.08. The second-order valence-corrected chi connectivity index (χ2v) is 3.64. The smallest absolute Gasteiger partial charge is 0.0902 e. The van der Waals surface area contributed by atoms with Crippen LogP contribution in [0.15, 0.2) is 36.9 Å². The standard InChI is InChI=1S/C12H16O/c1-4-8-12(3,13)11-7-5-6-10(2)9-11/h4-7,9,13H,1,8H2,2-3H3/t12-/m0/s1. The van der Waals surface area contributed by atoms with Crippen LogP contribution < -0.4 is 0 Å². The maximum atomic E-state index is 10.0.